The van der Waals surface area contributed by atoms with Crippen molar-refractivity contribution in [2.45, 2.75) is 19.8 Å². The van der Waals surface area contributed by atoms with Crippen molar-refractivity contribution in [3.05, 3.63) is 70.8 Å². The van der Waals surface area contributed by atoms with Gasteiger partial charge in [-0.2, -0.15) is 0 Å². The molecule has 0 bridgehead atoms. The molecule has 0 saturated heterocycles. The molecular formula is C17H19F2N. The highest BCUT2D eigenvalue weighted by molar-refractivity contribution is 5.27. The minimum absolute atomic E-state index is 0.104. The quantitative estimate of drug-likeness (QED) is 0.886. The molecule has 0 amide bonds. The molecule has 2 aromatic carbocycles. The Morgan fingerprint density at radius 2 is 1.60 bits per heavy atom. The van der Waals surface area contributed by atoms with Gasteiger partial charge < -0.3 is 5.73 Å². The van der Waals surface area contributed by atoms with Gasteiger partial charge >= 0.3 is 0 Å². The first-order chi connectivity index (χ1) is 9.61. The Bertz CT molecular complexity index is 581. The van der Waals surface area contributed by atoms with Crippen LogP contribution < -0.4 is 5.73 Å². The zero-order chi connectivity index (χ0) is 14.5. The number of hydrogen-bond acceptors (Lipinski definition) is 1. The molecule has 0 aliphatic rings. The molecule has 1 atom stereocenters. The molecule has 1 nitrogen and oxygen atoms in total. The number of rotatable bonds is 5. The summed E-state index contributed by atoms with van der Waals surface area (Å²) in [5.41, 5.74) is 8.60. The molecule has 3 heteroatoms. The van der Waals surface area contributed by atoms with Crippen molar-refractivity contribution in [3.8, 4) is 0 Å². The lowest BCUT2D eigenvalue weighted by molar-refractivity contribution is 0.473. The van der Waals surface area contributed by atoms with Gasteiger partial charge in [-0.15, -0.1) is 0 Å². The highest BCUT2D eigenvalue weighted by Crippen LogP contribution is 2.19. The Balaban J connectivity index is 2.14. The molecule has 2 rings (SSSR count). The number of nitrogens with two attached hydrogens (primary N) is 1. The van der Waals surface area contributed by atoms with Crippen LogP contribution in [0.5, 0.6) is 0 Å². The summed E-state index contributed by atoms with van der Waals surface area (Å²) in [6, 6.07) is 12.4. The van der Waals surface area contributed by atoms with Gasteiger partial charge in [0.25, 0.3) is 0 Å². The zero-order valence-corrected chi connectivity index (χ0v) is 11.6. The van der Waals surface area contributed by atoms with Crippen molar-refractivity contribution in [3.63, 3.8) is 0 Å². The average Bonchev–Trinajstić information content (AvgIpc) is 2.45. The second kappa shape index (κ2) is 6.62. The standard InChI is InChI=1S/C17H19F2N/c1-12-5-2-3-6-14(12)9-13(11-20)10-15-7-4-8-16(18)17(15)19/h2-8,13H,9-11,20H2,1H3. The molecule has 0 fully saturated rings. The van der Waals surface area contributed by atoms with E-state index in [1.54, 1.807) is 6.07 Å². The molecule has 0 aromatic heterocycles. The molecule has 0 aliphatic heterocycles. The van der Waals surface area contributed by atoms with E-state index in [1.807, 2.05) is 25.1 Å². The summed E-state index contributed by atoms with van der Waals surface area (Å²) >= 11 is 0. The normalized spacial score (nSPS) is 12.4. The fourth-order valence-electron chi connectivity index (χ4n) is 2.41. The van der Waals surface area contributed by atoms with E-state index in [0.29, 0.717) is 18.5 Å². The van der Waals surface area contributed by atoms with E-state index < -0.39 is 11.6 Å². The van der Waals surface area contributed by atoms with Crippen LogP contribution in [0.25, 0.3) is 0 Å². The third-order valence-corrected chi connectivity index (χ3v) is 3.64. The van der Waals surface area contributed by atoms with Gasteiger partial charge in [0.15, 0.2) is 11.6 Å². The molecule has 2 N–H and O–H groups in total. The first kappa shape index (κ1) is 14.7. The van der Waals surface area contributed by atoms with Crippen LogP contribution in [0, 0.1) is 24.5 Å². The molecule has 1 unspecified atom stereocenters. The molecular weight excluding hydrogens is 256 g/mol. The van der Waals surface area contributed by atoms with Gasteiger partial charge in [-0.1, -0.05) is 36.4 Å². The Morgan fingerprint density at radius 3 is 2.30 bits per heavy atom. The van der Waals surface area contributed by atoms with Crippen LogP contribution >= 0.6 is 0 Å². The third-order valence-electron chi connectivity index (χ3n) is 3.64. The maximum Gasteiger partial charge on any atom is 0.162 e. The molecule has 106 valence electrons. The van der Waals surface area contributed by atoms with Crippen LogP contribution in [0.3, 0.4) is 0 Å². The van der Waals surface area contributed by atoms with Crippen molar-refractivity contribution in [2.24, 2.45) is 11.7 Å². The lowest BCUT2D eigenvalue weighted by atomic mass is 9.90. The lowest BCUT2D eigenvalue weighted by Crippen LogP contribution is -2.20. The lowest BCUT2D eigenvalue weighted by Gasteiger charge is -2.17. The van der Waals surface area contributed by atoms with Gasteiger partial charge in [0, 0.05) is 0 Å². The summed E-state index contributed by atoms with van der Waals surface area (Å²) in [6.07, 6.45) is 1.23. The topological polar surface area (TPSA) is 26.0 Å². The van der Waals surface area contributed by atoms with E-state index in [0.717, 1.165) is 12.5 Å². The molecule has 0 aliphatic carbocycles. The van der Waals surface area contributed by atoms with Crippen molar-refractivity contribution < 1.29 is 8.78 Å². The number of benzene rings is 2. The van der Waals surface area contributed by atoms with Crippen molar-refractivity contribution in [2.75, 3.05) is 6.54 Å². The highest BCUT2D eigenvalue weighted by atomic mass is 19.2. The van der Waals surface area contributed by atoms with Crippen LogP contribution in [0.2, 0.25) is 0 Å². The maximum atomic E-state index is 13.7. The summed E-state index contributed by atoms with van der Waals surface area (Å²) in [7, 11) is 0. The van der Waals surface area contributed by atoms with Crippen molar-refractivity contribution in [1.82, 2.24) is 0 Å². The van der Waals surface area contributed by atoms with Crippen LogP contribution in [0.4, 0.5) is 8.78 Å². The van der Waals surface area contributed by atoms with Gasteiger partial charge in [-0.25, -0.2) is 8.78 Å². The minimum Gasteiger partial charge on any atom is -0.330 e. The monoisotopic (exact) mass is 275 g/mol. The van der Waals surface area contributed by atoms with Crippen LogP contribution in [-0.2, 0) is 12.8 Å². The second-order valence-electron chi connectivity index (χ2n) is 5.15. The Hall–Kier alpha value is -1.74. The first-order valence-electron chi connectivity index (χ1n) is 6.79. The molecule has 0 heterocycles. The largest absolute Gasteiger partial charge is 0.330 e. The van der Waals surface area contributed by atoms with Gasteiger partial charge in [0.2, 0.25) is 0 Å². The molecule has 0 saturated carbocycles. The zero-order valence-electron chi connectivity index (χ0n) is 11.6. The maximum absolute atomic E-state index is 13.7. The Labute approximate surface area is 118 Å². The van der Waals surface area contributed by atoms with E-state index in [1.165, 1.54) is 17.2 Å². The molecule has 0 spiro atoms. The second-order valence-corrected chi connectivity index (χ2v) is 5.15. The van der Waals surface area contributed by atoms with Gasteiger partial charge in [-0.3, -0.25) is 0 Å². The number of aryl methyl sites for hydroxylation is 1. The van der Waals surface area contributed by atoms with Gasteiger partial charge in [0.05, 0.1) is 0 Å². The van der Waals surface area contributed by atoms with Crippen LogP contribution in [-0.4, -0.2) is 6.54 Å². The Kier molecular flexibility index (Phi) is 4.85. The van der Waals surface area contributed by atoms with E-state index in [4.69, 9.17) is 5.73 Å². The fourth-order valence-corrected chi connectivity index (χ4v) is 2.41. The van der Waals surface area contributed by atoms with Gasteiger partial charge in [0.1, 0.15) is 0 Å². The summed E-state index contributed by atoms with van der Waals surface area (Å²) < 4.78 is 26.9. The summed E-state index contributed by atoms with van der Waals surface area (Å²) in [4.78, 5) is 0. The van der Waals surface area contributed by atoms with Crippen molar-refractivity contribution >= 4 is 0 Å². The third kappa shape index (κ3) is 3.42. The SMILES string of the molecule is Cc1ccccc1CC(CN)Cc1cccc(F)c1F. The number of hydrogen-bond donors (Lipinski definition) is 1. The van der Waals surface area contributed by atoms with Crippen molar-refractivity contribution in [1.29, 1.82) is 0 Å². The first-order valence-corrected chi connectivity index (χ1v) is 6.79. The van der Waals surface area contributed by atoms with Crippen LogP contribution in [0.1, 0.15) is 16.7 Å². The summed E-state index contributed by atoms with van der Waals surface area (Å²) in [5, 5.41) is 0. The van der Waals surface area contributed by atoms with E-state index in [-0.39, 0.29) is 5.92 Å². The number of halogens is 2. The molecule has 20 heavy (non-hydrogen) atoms. The molecule has 2 aromatic rings. The summed E-state index contributed by atoms with van der Waals surface area (Å²) in [5.74, 6) is -1.45. The Morgan fingerprint density at radius 1 is 0.950 bits per heavy atom. The predicted octanol–water partition coefficient (Wildman–Crippen LogP) is 3.63. The highest BCUT2D eigenvalue weighted by Gasteiger charge is 2.14. The fraction of sp³-hybridized carbons (Fsp3) is 0.294. The van der Waals surface area contributed by atoms with E-state index >= 15 is 0 Å². The van der Waals surface area contributed by atoms with Gasteiger partial charge in [-0.05, 0) is 55.0 Å². The van der Waals surface area contributed by atoms with E-state index in [2.05, 4.69) is 6.07 Å². The average molecular weight is 275 g/mol. The smallest absolute Gasteiger partial charge is 0.162 e. The molecule has 0 radical (unpaired) electrons. The van der Waals surface area contributed by atoms with E-state index in [9.17, 15) is 8.78 Å². The summed E-state index contributed by atoms with van der Waals surface area (Å²) in [6.45, 7) is 2.50. The predicted molar refractivity (Wildman–Crippen MR) is 77.5 cm³/mol. The minimum atomic E-state index is -0.797. The van der Waals surface area contributed by atoms with Crippen LogP contribution in [0.15, 0.2) is 42.5 Å².